The van der Waals surface area contributed by atoms with Crippen LogP contribution >= 0.6 is 11.6 Å². The number of para-hydroxylation sites is 1. The van der Waals surface area contributed by atoms with E-state index >= 15 is 0 Å². The normalized spacial score (nSPS) is 11.9. The second-order valence-corrected chi connectivity index (χ2v) is 8.22. The van der Waals surface area contributed by atoms with Gasteiger partial charge >= 0.3 is 5.97 Å². The summed E-state index contributed by atoms with van der Waals surface area (Å²) in [5.74, 6) is -0.763. The lowest BCUT2D eigenvalue weighted by Crippen LogP contribution is -2.19. The highest BCUT2D eigenvalue weighted by molar-refractivity contribution is 6.35. The van der Waals surface area contributed by atoms with Crippen molar-refractivity contribution >= 4 is 28.5 Å². The van der Waals surface area contributed by atoms with Crippen molar-refractivity contribution in [3.8, 4) is 11.3 Å². The first kappa shape index (κ1) is 19.4. The summed E-state index contributed by atoms with van der Waals surface area (Å²) in [7, 11) is 0. The zero-order valence-corrected chi connectivity index (χ0v) is 16.8. The molecule has 0 aliphatic carbocycles. The molecule has 0 fully saturated rings. The molecule has 0 radical (unpaired) electrons. The van der Waals surface area contributed by atoms with Gasteiger partial charge in [0.1, 0.15) is 5.69 Å². The van der Waals surface area contributed by atoms with Crippen molar-refractivity contribution in [2.24, 2.45) is 5.41 Å². The Bertz CT molecular complexity index is 958. The molecular weight excluding hydrogens is 360 g/mol. The van der Waals surface area contributed by atoms with Crippen LogP contribution in [0.25, 0.3) is 22.2 Å². The standard InChI is InChI=1S/C22H25ClN2O2/c1-4-12-25-21-17(6-5-7-18(21)23)20(24-25)16-10-8-15(9-11-16)13-22(2,3)14-19(26)27/h5-11H,4,12-14H2,1-3H3,(H,26,27). The lowest BCUT2D eigenvalue weighted by Gasteiger charge is -2.22. The summed E-state index contributed by atoms with van der Waals surface area (Å²) in [4.78, 5) is 11.0. The number of nitrogens with zero attached hydrogens (tertiary/aromatic N) is 2. The van der Waals surface area contributed by atoms with Crippen molar-refractivity contribution in [3.63, 3.8) is 0 Å². The van der Waals surface area contributed by atoms with Crippen LogP contribution in [0.5, 0.6) is 0 Å². The number of aryl methyl sites for hydroxylation is 1. The topological polar surface area (TPSA) is 55.1 Å². The van der Waals surface area contributed by atoms with E-state index in [1.807, 2.05) is 30.7 Å². The second-order valence-electron chi connectivity index (χ2n) is 7.82. The van der Waals surface area contributed by atoms with Crippen molar-refractivity contribution < 1.29 is 9.90 Å². The number of aromatic nitrogens is 2. The first-order valence-electron chi connectivity index (χ1n) is 9.27. The molecular formula is C22H25ClN2O2. The van der Waals surface area contributed by atoms with Crippen LogP contribution in [0, 0.1) is 5.41 Å². The molecule has 0 aliphatic rings. The Morgan fingerprint density at radius 3 is 2.52 bits per heavy atom. The zero-order chi connectivity index (χ0) is 19.6. The highest BCUT2D eigenvalue weighted by Crippen LogP contribution is 2.33. The first-order chi connectivity index (χ1) is 12.8. The van der Waals surface area contributed by atoms with Gasteiger partial charge in [0.05, 0.1) is 17.0 Å². The predicted octanol–water partition coefficient (Wildman–Crippen LogP) is 5.81. The largest absolute Gasteiger partial charge is 0.481 e. The Kier molecular flexibility index (Phi) is 5.56. The highest BCUT2D eigenvalue weighted by Gasteiger charge is 2.22. The molecule has 0 aliphatic heterocycles. The van der Waals surface area contributed by atoms with E-state index in [1.165, 1.54) is 0 Å². The van der Waals surface area contributed by atoms with Gasteiger partial charge in [0, 0.05) is 17.5 Å². The van der Waals surface area contributed by atoms with Gasteiger partial charge in [0.25, 0.3) is 0 Å². The van der Waals surface area contributed by atoms with Crippen molar-refractivity contribution in [1.82, 2.24) is 9.78 Å². The summed E-state index contributed by atoms with van der Waals surface area (Å²) in [6.07, 6.45) is 1.86. The third-order valence-corrected chi connectivity index (χ3v) is 5.00. The maximum atomic E-state index is 11.0. The number of halogens is 1. The molecule has 3 rings (SSSR count). The molecule has 0 atom stereocenters. The third-order valence-electron chi connectivity index (χ3n) is 4.70. The molecule has 4 nitrogen and oxygen atoms in total. The van der Waals surface area contributed by atoms with Gasteiger partial charge in [-0.2, -0.15) is 5.10 Å². The maximum absolute atomic E-state index is 11.0. The van der Waals surface area contributed by atoms with Crippen LogP contribution in [0.2, 0.25) is 5.02 Å². The fourth-order valence-corrected chi connectivity index (χ4v) is 3.86. The second kappa shape index (κ2) is 7.73. The van der Waals surface area contributed by atoms with E-state index in [1.54, 1.807) is 0 Å². The quantitative estimate of drug-likeness (QED) is 0.559. The minimum Gasteiger partial charge on any atom is -0.481 e. The Balaban J connectivity index is 1.94. The van der Waals surface area contributed by atoms with E-state index in [4.69, 9.17) is 21.8 Å². The summed E-state index contributed by atoms with van der Waals surface area (Å²) >= 11 is 6.43. The molecule has 142 valence electrons. The average Bonchev–Trinajstić information content (AvgIpc) is 2.94. The lowest BCUT2D eigenvalue weighted by atomic mass is 9.82. The summed E-state index contributed by atoms with van der Waals surface area (Å²) in [5.41, 5.74) is 3.79. The number of fused-ring (bicyclic) bond motifs is 1. The molecule has 1 heterocycles. The van der Waals surface area contributed by atoms with Crippen molar-refractivity contribution in [3.05, 3.63) is 53.1 Å². The van der Waals surface area contributed by atoms with Crippen LogP contribution < -0.4 is 0 Å². The van der Waals surface area contributed by atoms with E-state index in [-0.39, 0.29) is 11.8 Å². The van der Waals surface area contributed by atoms with Crippen LogP contribution in [-0.4, -0.2) is 20.9 Å². The molecule has 1 N–H and O–H groups in total. The Labute approximate surface area is 164 Å². The number of hydrogen-bond acceptors (Lipinski definition) is 2. The predicted molar refractivity (Wildman–Crippen MR) is 110 cm³/mol. The van der Waals surface area contributed by atoms with Gasteiger partial charge in [-0.3, -0.25) is 9.48 Å². The van der Waals surface area contributed by atoms with Crippen molar-refractivity contribution in [1.29, 1.82) is 0 Å². The summed E-state index contributed by atoms with van der Waals surface area (Å²) in [5, 5.41) is 15.6. The number of benzene rings is 2. The van der Waals surface area contributed by atoms with Crippen LogP contribution in [0.1, 0.15) is 39.2 Å². The Morgan fingerprint density at radius 2 is 1.89 bits per heavy atom. The number of hydrogen-bond donors (Lipinski definition) is 1. The monoisotopic (exact) mass is 384 g/mol. The van der Waals surface area contributed by atoms with Gasteiger partial charge in [-0.15, -0.1) is 0 Å². The van der Waals surface area contributed by atoms with Crippen LogP contribution in [0.3, 0.4) is 0 Å². The molecule has 0 unspecified atom stereocenters. The minimum atomic E-state index is -0.763. The number of carbonyl (C=O) groups is 1. The van der Waals surface area contributed by atoms with Gasteiger partial charge < -0.3 is 5.11 Å². The van der Waals surface area contributed by atoms with E-state index in [9.17, 15) is 4.79 Å². The fourth-order valence-electron chi connectivity index (χ4n) is 3.59. The number of aliphatic carboxylic acids is 1. The van der Waals surface area contributed by atoms with E-state index < -0.39 is 5.97 Å². The van der Waals surface area contributed by atoms with E-state index in [0.29, 0.717) is 5.02 Å². The van der Waals surface area contributed by atoms with Gasteiger partial charge in [-0.05, 0) is 29.9 Å². The highest BCUT2D eigenvalue weighted by atomic mass is 35.5. The third kappa shape index (κ3) is 4.33. The molecule has 27 heavy (non-hydrogen) atoms. The van der Waals surface area contributed by atoms with Crippen LogP contribution in [0.15, 0.2) is 42.5 Å². The van der Waals surface area contributed by atoms with E-state index in [2.05, 4.69) is 37.3 Å². The Morgan fingerprint density at radius 1 is 1.19 bits per heavy atom. The molecule has 0 bridgehead atoms. The van der Waals surface area contributed by atoms with Crippen molar-refractivity contribution in [2.45, 2.75) is 46.6 Å². The Hall–Kier alpha value is -2.33. The SMILES string of the molecule is CCCn1nc(-c2ccc(CC(C)(C)CC(=O)O)cc2)c2cccc(Cl)c21. The molecule has 0 saturated carbocycles. The molecule has 3 aromatic rings. The summed E-state index contributed by atoms with van der Waals surface area (Å²) < 4.78 is 1.98. The molecule has 0 amide bonds. The van der Waals surface area contributed by atoms with Crippen LogP contribution in [-0.2, 0) is 17.8 Å². The average molecular weight is 385 g/mol. The first-order valence-corrected chi connectivity index (χ1v) is 9.64. The molecule has 5 heteroatoms. The minimum absolute atomic E-state index is 0.152. The molecule has 0 spiro atoms. The smallest absolute Gasteiger partial charge is 0.303 e. The lowest BCUT2D eigenvalue weighted by molar-refractivity contribution is -0.139. The van der Waals surface area contributed by atoms with Gasteiger partial charge in [0.15, 0.2) is 0 Å². The maximum Gasteiger partial charge on any atom is 0.303 e. The number of rotatable bonds is 7. The summed E-state index contributed by atoms with van der Waals surface area (Å²) in [6.45, 7) is 6.91. The zero-order valence-electron chi connectivity index (χ0n) is 16.0. The number of carboxylic acid groups (broad SMARTS) is 1. The van der Waals surface area contributed by atoms with E-state index in [0.717, 1.165) is 47.1 Å². The van der Waals surface area contributed by atoms with Crippen LogP contribution in [0.4, 0.5) is 0 Å². The molecule has 1 aromatic heterocycles. The van der Waals surface area contributed by atoms with Gasteiger partial charge in [0.2, 0.25) is 0 Å². The number of carboxylic acids is 1. The fraction of sp³-hybridized carbons (Fsp3) is 0.364. The van der Waals surface area contributed by atoms with Gasteiger partial charge in [-0.1, -0.05) is 68.8 Å². The van der Waals surface area contributed by atoms with Crippen molar-refractivity contribution in [2.75, 3.05) is 0 Å². The van der Waals surface area contributed by atoms with Gasteiger partial charge in [-0.25, -0.2) is 0 Å². The molecule has 0 saturated heterocycles. The summed E-state index contributed by atoms with van der Waals surface area (Å²) in [6, 6.07) is 14.2. The molecule has 2 aromatic carbocycles.